The van der Waals surface area contributed by atoms with E-state index in [9.17, 15) is 9.59 Å². The lowest BCUT2D eigenvalue weighted by atomic mass is 9.92. The molecule has 0 unspecified atom stereocenters. The first-order valence-corrected chi connectivity index (χ1v) is 10.4. The van der Waals surface area contributed by atoms with Gasteiger partial charge in [-0.15, -0.1) is 0 Å². The number of nitrogens with one attached hydrogen (secondary N) is 2. The fraction of sp³-hybridized carbons (Fsp3) is 0.167. The van der Waals surface area contributed by atoms with Gasteiger partial charge in [-0.3, -0.25) is 5.32 Å². The summed E-state index contributed by atoms with van der Waals surface area (Å²) in [6.07, 6.45) is 0.466. The minimum Gasteiger partial charge on any atom is -0.456 e. The van der Waals surface area contributed by atoms with Crippen LogP contribution in [0, 0.1) is 0 Å². The smallest absolute Gasteiger partial charge is 0.411 e. The van der Waals surface area contributed by atoms with Gasteiger partial charge >= 0.3 is 12.1 Å². The minimum atomic E-state index is -0.969. The number of amides is 3. The van der Waals surface area contributed by atoms with E-state index in [-0.39, 0.29) is 17.2 Å². The second-order valence-corrected chi connectivity index (χ2v) is 8.42. The van der Waals surface area contributed by atoms with Crippen molar-refractivity contribution in [2.75, 3.05) is 10.6 Å². The van der Waals surface area contributed by atoms with Crippen LogP contribution in [0.5, 0.6) is 17.4 Å². The predicted molar refractivity (Wildman–Crippen MR) is 126 cm³/mol. The largest absolute Gasteiger partial charge is 0.456 e. The van der Waals surface area contributed by atoms with Crippen molar-refractivity contribution in [3.8, 4) is 17.4 Å². The van der Waals surface area contributed by atoms with Crippen molar-refractivity contribution in [1.29, 1.82) is 0 Å². The van der Waals surface area contributed by atoms with Crippen LogP contribution >= 0.6 is 0 Å². The number of ether oxygens (including phenoxy) is 2. The molecule has 2 aromatic heterocycles. The van der Waals surface area contributed by atoms with Crippen LogP contribution in [-0.2, 0) is 5.41 Å². The highest BCUT2D eigenvalue weighted by Gasteiger charge is 2.20. The molecule has 0 radical (unpaired) electrons. The maximum absolute atomic E-state index is 12.6. The monoisotopic (exact) mass is 461 g/mol. The Morgan fingerprint density at radius 3 is 2.47 bits per heavy atom. The Kier molecular flexibility index (Phi) is 6.05. The van der Waals surface area contributed by atoms with E-state index in [0.29, 0.717) is 17.2 Å². The minimum absolute atomic E-state index is 0.0197. The normalized spacial score (nSPS) is 11.1. The van der Waals surface area contributed by atoms with Crippen molar-refractivity contribution >= 4 is 34.5 Å². The van der Waals surface area contributed by atoms with Gasteiger partial charge in [0.15, 0.2) is 0 Å². The summed E-state index contributed by atoms with van der Waals surface area (Å²) in [5.74, 6) is 1.20. The summed E-state index contributed by atoms with van der Waals surface area (Å²) >= 11 is 0. The molecule has 2 aromatic carbocycles. The van der Waals surface area contributed by atoms with Gasteiger partial charge in [0.25, 0.3) is 0 Å². The highest BCUT2D eigenvalue weighted by atomic mass is 16.6. The maximum atomic E-state index is 12.6. The van der Waals surface area contributed by atoms with E-state index in [0.717, 1.165) is 16.5 Å². The first kappa shape index (κ1) is 22.6. The number of rotatable bonds is 5. The van der Waals surface area contributed by atoms with Gasteiger partial charge in [0, 0.05) is 34.5 Å². The molecule has 0 spiro atoms. The van der Waals surface area contributed by atoms with E-state index in [4.69, 9.17) is 19.7 Å². The number of pyridine rings is 1. The summed E-state index contributed by atoms with van der Waals surface area (Å²) < 4.78 is 16.0. The van der Waals surface area contributed by atoms with E-state index in [2.05, 4.69) is 20.8 Å². The van der Waals surface area contributed by atoms with Crippen LogP contribution < -0.4 is 25.8 Å². The SMILES string of the molecule is CC(C)(C)c1cc(NC(=O)Nc2ccc(Oc3ccnc(OC(N)=O)c3)c3ccccc23)on1. The number of benzene rings is 2. The van der Waals surface area contributed by atoms with Crippen molar-refractivity contribution < 1.29 is 23.6 Å². The number of urea groups is 1. The van der Waals surface area contributed by atoms with E-state index >= 15 is 0 Å². The highest BCUT2D eigenvalue weighted by Crippen LogP contribution is 2.35. The van der Waals surface area contributed by atoms with Crippen LogP contribution in [0.2, 0.25) is 0 Å². The lowest BCUT2D eigenvalue weighted by Gasteiger charge is -2.13. The quantitative estimate of drug-likeness (QED) is 0.360. The van der Waals surface area contributed by atoms with Crippen LogP contribution in [-0.4, -0.2) is 22.3 Å². The number of carbonyl (C=O) groups is 2. The van der Waals surface area contributed by atoms with Gasteiger partial charge in [-0.2, -0.15) is 0 Å². The van der Waals surface area contributed by atoms with Gasteiger partial charge in [0.2, 0.25) is 11.8 Å². The van der Waals surface area contributed by atoms with Crippen molar-refractivity contribution in [1.82, 2.24) is 10.1 Å². The number of nitrogens with zero attached hydrogens (tertiary/aromatic N) is 2. The topological polar surface area (TPSA) is 142 Å². The molecule has 4 aromatic rings. The Balaban J connectivity index is 1.54. The summed E-state index contributed by atoms with van der Waals surface area (Å²) in [5, 5.41) is 11.0. The second-order valence-electron chi connectivity index (χ2n) is 8.42. The number of primary amides is 1. The van der Waals surface area contributed by atoms with Crippen molar-refractivity contribution in [2.45, 2.75) is 26.2 Å². The average Bonchev–Trinajstić information content (AvgIpc) is 3.24. The third kappa shape index (κ3) is 5.23. The van der Waals surface area contributed by atoms with Crippen molar-refractivity contribution in [3.05, 3.63) is 66.5 Å². The lowest BCUT2D eigenvalue weighted by molar-refractivity contribution is 0.209. The molecule has 3 amide bonds. The van der Waals surface area contributed by atoms with Gasteiger partial charge in [0.05, 0.1) is 11.4 Å². The first-order chi connectivity index (χ1) is 16.2. The van der Waals surface area contributed by atoms with Gasteiger partial charge in [0.1, 0.15) is 11.5 Å². The van der Waals surface area contributed by atoms with Crippen LogP contribution in [0.25, 0.3) is 10.8 Å². The van der Waals surface area contributed by atoms with Crippen LogP contribution in [0.4, 0.5) is 21.2 Å². The molecule has 34 heavy (non-hydrogen) atoms. The third-order valence-electron chi connectivity index (χ3n) is 4.79. The molecule has 0 saturated heterocycles. The molecule has 0 aliphatic carbocycles. The molecule has 0 bridgehead atoms. The Hall–Kier alpha value is -4.60. The standard InChI is InChI=1S/C24H23N5O5/c1-24(2,3)19-13-21(34-29-19)28-23(31)27-17-8-9-18(16-7-5-4-6-15(16)17)32-14-10-11-26-20(12-14)33-22(25)30/h4-13H,1-3H3,(H2,25,30)(H2,27,28,31). The van der Waals surface area contributed by atoms with Crippen LogP contribution in [0.3, 0.4) is 0 Å². The molecular weight excluding hydrogens is 438 g/mol. The molecule has 10 nitrogen and oxygen atoms in total. The van der Waals surface area contributed by atoms with Crippen LogP contribution in [0.15, 0.2) is 65.3 Å². The lowest BCUT2D eigenvalue weighted by Crippen LogP contribution is -2.19. The zero-order chi connectivity index (χ0) is 24.3. The maximum Gasteiger partial charge on any atom is 0.411 e. The number of hydrogen-bond donors (Lipinski definition) is 3. The van der Waals surface area contributed by atoms with Crippen LogP contribution in [0.1, 0.15) is 26.5 Å². The molecule has 0 aliphatic rings. The van der Waals surface area contributed by atoms with E-state index in [1.807, 2.05) is 45.0 Å². The Morgan fingerprint density at radius 2 is 1.76 bits per heavy atom. The summed E-state index contributed by atoms with van der Waals surface area (Å²) in [5.41, 5.74) is 6.14. The van der Waals surface area contributed by atoms with E-state index in [1.165, 1.54) is 12.3 Å². The molecule has 174 valence electrons. The highest BCUT2D eigenvalue weighted by molar-refractivity contribution is 6.07. The molecule has 4 N–H and O–H groups in total. The van der Waals surface area contributed by atoms with Gasteiger partial charge < -0.3 is 25.0 Å². The molecule has 2 heterocycles. The fourth-order valence-electron chi connectivity index (χ4n) is 3.16. The van der Waals surface area contributed by atoms with E-state index in [1.54, 1.807) is 24.3 Å². The Bertz CT molecular complexity index is 1360. The number of anilines is 2. The predicted octanol–water partition coefficient (Wildman–Crippen LogP) is 5.41. The third-order valence-corrected chi connectivity index (χ3v) is 4.79. The first-order valence-electron chi connectivity index (χ1n) is 10.4. The molecule has 0 saturated carbocycles. The van der Waals surface area contributed by atoms with Crippen molar-refractivity contribution in [3.63, 3.8) is 0 Å². The zero-order valence-electron chi connectivity index (χ0n) is 18.8. The number of fused-ring (bicyclic) bond motifs is 1. The van der Waals surface area contributed by atoms with Gasteiger partial charge in [-0.05, 0) is 18.2 Å². The van der Waals surface area contributed by atoms with Gasteiger partial charge in [-0.1, -0.05) is 50.2 Å². The second kappa shape index (κ2) is 9.10. The van der Waals surface area contributed by atoms with E-state index < -0.39 is 12.1 Å². The molecule has 0 fully saturated rings. The summed E-state index contributed by atoms with van der Waals surface area (Å²) in [4.78, 5) is 27.5. The number of nitrogens with two attached hydrogens (primary N) is 1. The molecule has 0 aliphatic heterocycles. The number of aromatic nitrogens is 2. The summed E-state index contributed by atoms with van der Waals surface area (Å²) in [6, 6.07) is 15.2. The Labute approximate surface area is 195 Å². The number of hydrogen-bond acceptors (Lipinski definition) is 7. The average molecular weight is 461 g/mol. The molecular formula is C24H23N5O5. The number of carbonyl (C=O) groups excluding carboxylic acids is 2. The zero-order valence-corrected chi connectivity index (χ0v) is 18.8. The summed E-state index contributed by atoms with van der Waals surface area (Å²) in [6.45, 7) is 6.01. The fourth-order valence-corrected chi connectivity index (χ4v) is 3.16. The van der Waals surface area contributed by atoms with Crippen molar-refractivity contribution in [2.24, 2.45) is 5.73 Å². The molecule has 0 atom stereocenters. The van der Waals surface area contributed by atoms with Gasteiger partial charge in [-0.25, -0.2) is 14.6 Å². The molecule has 10 heteroatoms. The Morgan fingerprint density at radius 1 is 1.00 bits per heavy atom. The molecule has 4 rings (SSSR count). The summed E-state index contributed by atoms with van der Waals surface area (Å²) in [7, 11) is 0.